The van der Waals surface area contributed by atoms with Gasteiger partial charge in [0.05, 0.1) is 48.5 Å². The van der Waals surface area contributed by atoms with Gasteiger partial charge >= 0.3 is 5.97 Å². The fourth-order valence-corrected chi connectivity index (χ4v) is 7.48. The van der Waals surface area contributed by atoms with E-state index in [0.717, 1.165) is 0 Å². The Balaban J connectivity index is 0.000000520. The van der Waals surface area contributed by atoms with Gasteiger partial charge < -0.3 is 19.5 Å². The van der Waals surface area contributed by atoms with Crippen LogP contribution in [0, 0.1) is 0 Å². The molecule has 1 unspecified atom stereocenters. The Morgan fingerprint density at radius 3 is 1.06 bits per heavy atom. The van der Waals surface area contributed by atoms with E-state index < -0.39 is 22.7 Å². The summed E-state index contributed by atoms with van der Waals surface area (Å²) >= 11 is 0. The Kier molecular flexibility index (Phi) is 25.6. The van der Waals surface area contributed by atoms with Gasteiger partial charge in [0.2, 0.25) is 0 Å². The molecule has 0 saturated heterocycles. The van der Waals surface area contributed by atoms with Crippen molar-refractivity contribution >= 4 is 22.7 Å². The summed E-state index contributed by atoms with van der Waals surface area (Å²) in [6, 6.07) is 11.2. The highest BCUT2D eigenvalue weighted by atomic mass is 32.2. The molecular weight excluding hydrogens is 631 g/mol. The van der Waals surface area contributed by atoms with Crippen LogP contribution in [0.4, 0.5) is 0 Å². The van der Waals surface area contributed by atoms with Crippen LogP contribution in [0.25, 0.3) is 0 Å². The third-order valence-corrected chi connectivity index (χ3v) is 11.0. The third kappa shape index (κ3) is 20.1. The lowest BCUT2D eigenvalue weighted by atomic mass is 10.1. The minimum absolute atomic E-state index is 0.00646. The predicted molar refractivity (Wildman–Crippen MR) is 204 cm³/mol. The molecule has 1 N–H and O–H groups in total. The zero-order valence-electron chi connectivity index (χ0n) is 31.5. The first-order valence-electron chi connectivity index (χ1n) is 19.6. The molecule has 7 heteroatoms. The maximum atomic E-state index is 12.2. The molecule has 0 aliphatic heterocycles. The lowest BCUT2D eigenvalue weighted by Crippen LogP contribution is -2.50. The van der Waals surface area contributed by atoms with E-state index in [1.165, 1.54) is 208 Å². The van der Waals surface area contributed by atoms with E-state index in [-0.39, 0.29) is 11.1 Å². The Labute approximate surface area is 302 Å². The molecule has 2 aromatic carbocycles. The Morgan fingerprint density at radius 1 is 0.510 bits per heavy atom. The summed E-state index contributed by atoms with van der Waals surface area (Å²) in [7, 11) is -1.50. The normalized spacial score (nSPS) is 11.9. The molecule has 0 saturated carbocycles. The van der Waals surface area contributed by atoms with Gasteiger partial charge in [0.15, 0.2) is 0 Å². The first kappa shape index (κ1) is 44.5. The lowest BCUT2D eigenvalue weighted by Gasteiger charge is -2.39. The van der Waals surface area contributed by atoms with E-state index in [4.69, 9.17) is 5.11 Å². The lowest BCUT2D eigenvalue weighted by molar-refractivity contribution is -0.929. The minimum Gasteiger partial charge on any atom is -0.545 e. The number of unbranched alkanes of at least 4 members (excludes halogenated alkanes) is 16. The second kappa shape index (κ2) is 28.2. The molecule has 0 aliphatic rings. The summed E-state index contributed by atoms with van der Waals surface area (Å²) in [6.07, 6.45) is 28.8. The smallest absolute Gasteiger partial charge is 0.335 e. The van der Waals surface area contributed by atoms with E-state index in [9.17, 15) is 18.9 Å². The monoisotopic (exact) mass is 699 g/mol. The SMILES string of the molecule is CCCCCCC[N+](CCCCCCC)(CCCCCCC)CCCCCCC.O=C([O-])c1ccc(S(=O)c2ccc(C(=O)O)cc2)cc1. The molecule has 0 bridgehead atoms. The fraction of sp³-hybridized carbons (Fsp3) is 0.667. The highest BCUT2D eigenvalue weighted by molar-refractivity contribution is 7.85. The predicted octanol–water partition coefficient (Wildman–Crippen LogP) is 10.6. The number of rotatable bonds is 28. The van der Waals surface area contributed by atoms with Gasteiger partial charge in [-0.2, -0.15) is 0 Å². The van der Waals surface area contributed by atoms with Gasteiger partial charge in [-0.15, -0.1) is 0 Å². The number of aromatic carboxylic acids is 2. The molecule has 2 rings (SSSR count). The summed E-state index contributed by atoms with van der Waals surface area (Å²) in [5, 5.41) is 19.4. The third-order valence-electron chi connectivity index (χ3n) is 9.56. The molecule has 0 aromatic heterocycles. The van der Waals surface area contributed by atoms with Crippen LogP contribution >= 0.6 is 0 Å². The second-order valence-corrected chi connectivity index (χ2v) is 15.3. The van der Waals surface area contributed by atoms with Crippen molar-refractivity contribution in [3.05, 3.63) is 59.7 Å². The number of benzene rings is 2. The molecule has 0 aliphatic carbocycles. The zero-order chi connectivity index (χ0) is 36.2. The topological polar surface area (TPSA) is 94.5 Å². The zero-order valence-corrected chi connectivity index (χ0v) is 32.3. The van der Waals surface area contributed by atoms with Crippen molar-refractivity contribution in [2.24, 2.45) is 0 Å². The summed E-state index contributed by atoms with van der Waals surface area (Å²) in [5.41, 5.74) is 0.116. The molecule has 278 valence electrons. The van der Waals surface area contributed by atoms with Gasteiger partial charge in [0, 0.05) is 9.79 Å². The number of quaternary nitrogens is 1. The second-order valence-electron chi connectivity index (χ2n) is 13.8. The van der Waals surface area contributed by atoms with Gasteiger partial charge in [-0.3, -0.25) is 0 Å². The van der Waals surface area contributed by atoms with Crippen LogP contribution < -0.4 is 5.11 Å². The average Bonchev–Trinajstić information content (AvgIpc) is 3.11. The fourth-order valence-electron chi connectivity index (χ4n) is 6.45. The summed E-state index contributed by atoms with van der Waals surface area (Å²) < 4.78 is 13.7. The van der Waals surface area contributed by atoms with E-state index in [2.05, 4.69) is 27.7 Å². The van der Waals surface area contributed by atoms with Crippen molar-refractivity contribution in [2.75, 3.05) is 26.2 Å². The van der Waals surface area contributed by atoms with Crippen molar-refractivity contribution in [3.8, 4) is 0 Å². The van der Waals surface area contributed by atoms with Gasteiger partial charge in [-0.05, 0) is 93.3 Å². The minimum atomic E-state index is -1.50. The highest BCUT2D eigenvalue weighted by Crippen LogP contribution is 2.21. The van der Waals surface area contributed by atoms with Crippen LogP contribution in [-0.4, -0.2) is 51.9 Å². The molecule has 6 nitrogen and oxygen atoms in total. The summed E-state index contributed by atoms with van der Waals surface area (Å²) in [4.78, 5) is 22.2. The van der Waals surface area contributed by atoms with Gasteiger partial charge in [-0.1, -0.05) is 117 Å². The van der Waals surface area contributed by atoms with Crippen molar-refractivity contribution in [3.63, 3.8) is 0 Å². The van der Waals surface area contributed by atoms with E-state index in [1.807, 2.05) is 0 Å². The standard InChI is InChI=1S/C28H60N.C14H10O5S/c1-5-9-13-17-21-25-29(26-22-18-14-10-6-2,27-23-19-15-11-7-3)28-24-20-16-12-8-4;15-13(16)9-1-5-11(6-2-9)20(19)12-7-3-10(4-8-12)14(17)18/h5-28H2,1-4H3;1-8H,(H,15,16)(H,17,18)/q+1;/p-1. The van der Waals surface area contributed by atoms with Crippen LogP contribution in [0.15, 0.2) is 58.3 Å². The van der Waals surface area contributed by atoms with E-state index in [1.54, 1.807) is 0 Å². The van der Waals surface area contributed by atoms with Crippen LogP contribution in [0.1, 0.15) is 177 Å². The number of carboxylic acid groups (broad SMARTS) is 2. The van der Waals surface area contributed by atoms with Gasteiger partial charge in [0.25, 0.3) is 0 Å². The van der Waals surface area contributed by atoms with Crippen LogP contribution in [0.3, 0.4) is 0 Å². The van der Waals surface area contributed by atoms with Crippen molar-refractivity contribution in [1.29, 1.82) is 0 Å². The maximum Gasteiger partial charge on any atom is 0.335 e. The highest BCUT2D eigenvalue weighted by Gasteiger charge is 2.25. The molecular formula is C42H69NO5S. The number of carbonyl (C=O) groups excluding carboxylic acids is 1. The van der Waals surface area contributed by atoms with Crippen molar-refractivity contribution < 1.29 is 28.5 Å². The molecule has 0 amide bonds. The molecule has 49 heavy (non-hydrogen) atoms. The van der Waals surface area contributed by atoms with Gasteiger partial charge in [0.1, 0.15) is 0 Å². The van der Waals surface area contributed by atoms with Crippen LogP contribution in [0.5, 0.6) is 0 Å². The number of carbonyl (C=O) groups is 2. The average molecular weight is 700 g/mol. The van der Waals surface area contributed by atoms with E-state index in [0.29, 0.717) is 9.79 Å². The Bertz CT molecular complexity index is 1030. The van der Waals surface area contributed by atoms with Crippen LogP contribution in [0.2, 0.25) is 0 Å². The largest absolute Gasteiger partial charge is 0.545 e. The maximum absolute atomic E-state index is 12.2. The Hall–Kier alpha value is -2.51. The molecule has 0 fully saturated rings. The molecule has 0 heterocycles. The first-order chi connectivity index (χ1) is 23.7. The van der Waals surface area contributed by atoms with Gasteiger partial charge in [-0.25, -0.2) is 9.00 Å². The summed E-state index contributed by atoms with van der Waals surface area (Å²) in [6.45, 7) is 15.2. The summed E-state index contributed by atoms with van der Waals surface area (Å²) in [5.74, 6) is -2.35. The van der Waals surface area contributed by atoms with Crippen molar-refractivity contribution in [1.82, 2.24) is 0 Å². The van der Waals surface area contributed by atoms with E-state index >= 15 is 0 Å². The van der Waals surface area contributed by atoms with Crippen LogP contribution in [-0.2, 0) is 10.8 Å². The Morgan fingerprint density at radius 2 is 0.796 bits per heavy atom. The molecule has 0 spiro atoms. The number of nitrogens with zero attached hydrogens (tertiary/aromatic N) is 1. The van der Waals surface area contributed by atoms with Crippen molar-refractivity contribution in [2.45, 2.75) is 166 Å². The first-order valence-corrected chi connectivity index (χ1v) is 20.8. The molecule has 1 atom stereocenters. The molecule has 0 radical (unpaired) electrons. The number of hydrogen-bond donors (Lipinski definition) is 1. The number of hydrogen-bond acceptors (Lipinski definition) is 4. The molecule has 2 aromatic rings. The number of carboxylic acids is 2. The quantitative estimate of drug-likeness (QED) is 0.0705.